The first-order valence-corrected chi connectivity index (χ1v) is 6.02. The molecule has 1 unspecified atom stereocenters. The molecule has 2 heterocycles. The van der Waals surface area contributed by atoms with E-state index in [1.807, 2.05) is 6.92 Å². The molecule has 0 spiro atoms. The van der Waals surface area contributed by atoms with Crippen LogP contribution >= 0.6 is 0 Å². The average Bonchev–Trinajstić information content (AvgIpc) is 2.76. The van der Waals surface area contributed by atoms with Crippen LogP contribution in [0.25, 0.3) is 0 Å². The van der Waals surface area contributed by atoms with Crippen LogP contribution in [0.2, 0.25) is 0 Å². The number of esters is 1. The number of rotatable bonds is 2. The van der Waals surface area contributed by atoms with E-state index in [1.165, 1.54) is 7.11 Å². The monoisotopic (exact) mass is 267 g/mol. The van der Waals surface area contributed by atoms with Crippen LogP contribution in [-0.4, -0.2) is 59.5 Å². The minimum absolute atomic E-state index is 0.152. The van der Waals surface area contributed by atoms with Crippen LogP contribution in [0.4, 0.5) is 0 Å². The molecule has 7 heteroatoms. The van der Waals surface area contributed by atoms with Gasteiger partial charge in [-0.05, 0) is 13.0 Å². The Morgan fingerprint density at radius 1 is 1.53 bits per heavy atom. The number of methoxy groups -OCH3 is 1. The molecular formula is C12H17N3O4. The van der Waals surface area contributed by atoms with E-state index in [0.29, 0.717) is 18.8 Å². The summed E-state index contributed by atoms with van der Waals surface area (Å²) in [5, 5.41) is 4.14. The van der Waals surface area contributed by atoms with Crippen molar-refractivity contribution in [2.75, 3.05) is 26.8 Å². The zero-order valence-corrected chi connectivity index (χ0v) is 11.3. The third kappa shape index (κ3) is 2.76. The number of nitrogens with zero attached hydrogens (tertiary/aromatic N) is 3. The van der Waals surface area contributed by atoms with Gasteiger partial charge < -0.3 is 14.4 Å². The van der Waals surface area contributed by atoms with Gasteiger partial charge in [0.15, 0.2) is 6.10 Å². The van der Waals surface area contributed by atoms with Crippen molar-refractivity contribution in [3.05, 3.63) is 17.5 Å². The number of ether oxygens (including phenoxy) is 2. The smallest absolute Gasteiger partial charge is 0.336 e. The van der Waals surface area contributed by atoms with E-state index in [4.69, 9.17) is 4.74 Å². The highest BCUT2D eigenvalue weighted by Gasteiger charge is 2.31. The molecule has 104 valence electrons. The molecular weight excluding hydrogens is 250 g/mol. The lowest BCUT2D eigenvalue weighted by Crippen LogP contribution is -2.49. The van der Waals surface area contributed by atoms with E-state index >= 15 is 0 Å². The fourth-order valence-electron chi connectivity index (χ4n) is 2.08. The standard InChI is InChI=1S/C12H17N3O4/c1-8-6-9(14(2)13-8)11(16)15-4-5-19-10(7-15)12(17)18-3/h6,10H,4-5,7H2,1-3H3. The van der Waals surface area contributed by atoms with Crippen LogP contribution in [0, 0.1) is 6.92 Å². The van der Waals surface area contributed by atoms with Crippen LogP contribution in [0.15, 0.2) is 6.07 Å². The van der Waals surface area contributed by atoms with Gasteiger partial charge in [-0.15, -0.1) is 0 Å². The van der Waals surface area contributed by atoms with Crippen LogP contribution in [-0.2, 0) is 21.3 Å². The number of carbonyl (C=O) groups excluding carboxylic acids is 2. The van der Waals surface area contributed by atoms with Crippen molar-refractivity contribution in [3.8, 4) is 0 Å². The predicted octanol–water partition coefficient (Wildman–Crippen LogP) is -0.257. The Bertz CT molecular complexity index is 497. The molecule has 1 amide bonds. The second-order valence-electron chi connectivity index (χ2n) is 4.43. The van der Waals surface area contributed by atoms with Gasteiger partial charge >= 0.3 is 5.97 Å². The van der Waals surface area contributed by atoms with E-state index in [-0.39, 0.29) is 12.5 Å². The summed E-state index contributed by atoms with van der Waals surface area (Å²) in [6.45, 7) is 2.81. The highest BCUT2D eigenvalue weighted by Crippen LogP contribution is 2.12. The summed E-state index contributed by atoms with van der Waals surface area (Å²) in [6, 6.07) is 1.73. The van der Waals surface area contributed by atoms with Crippen molar-refractivity contribution in [3.63, 3.8) is 0 Å². The zero-order valence-electron chi connectivity index (χ0n) is 11.3. The molecule has 1 aliphatic heterocycles. The van der Waals surface area contributed by atoms with Gasteiger partial charge in [0.1, 0.15) is 5.69 Å². The van der Waals surface area contributed by atoms with E-state index in [2.05, 4.69) is 9.84 Å². The third-order valence-corrected chi connectivity index (χ3v) is 3.04. The van der Waals surface area contributed by atoms with Gasteiger partial charge in [0.25, 0.3) is 5.91 Å². The first-order valence-electron chi connectivity index (χ1n) is 6.02. The first kappa shape index (κ1) is 13.5. The second kappa shape index (κ2) is 5.40. The van der Waals surface area contributed by atoms with Crippen molar-refractivity contribution in [1.82, 2.24) is 14.7 Å². The summed E-state index contributed by atoms with van der Waals surface area (Å²) in [5.74, 6) is -0.612. The molecule has 1 atom stereocenters. The quantitative estimate of drug-likeness (QED) is 0.690. The Kier molecular flexibility index (Phi) is 3.84. The minimum atomic E-state index is -0.711. The number of aromatic nitrogens is 2. The van der Waals surface area contributed by atoms with Gasteiger partial charge in [-0.2, -0.15) is 5.10 Å². The fourth-order valence-corrected chi connectivity index (χ4v) is 2.08. The number of hydrogen-bond acceptors (Lipinski definition) is 5. The van der Waals surface area contributed by atoms with Gasteiger partial charge in [-0.25, -0.2) is 4.79 Å². The number of morpholine rings is 1. The van der Waals surface area contributed by atoms with Crippen molar-refractivity contribution in [2.24, 2.45) is 7.05 Å². The normalized spacial score (nSPS) is 19.3. The second-order valence-corrected chi connectivity index (χ2v) is 4.43. The summed E-state index contributed by atoms with van der Waals surface area (Å²) in [4.78, 5) is 25.4. The number of hydrogen-bond donors (Lipinski definition) is 0. The average molecular weight is 267 g/mol. The number of aryl methyl sites for hydroxylation is 2. The number of carbonyl (C=O) groups is 2. The fraction of sp³-hybridized carbons (Fsp3) is 0.583. The molecule has 2 rings (SSSR count). The number of amides is 1. The maximum Gasteiger partial charge on any atom is 0.336 e. The molecule has 0 N–H and O–H groups in total. The van der Waals surface area contributed by atoms with Crippen molar-refractivity contribution >= 4 is 11.9 Å². The van der Waals surface area contributed by atoms with Crippen LogP contribution in [0.1, 0.15) is 16.2 Å². The van der Waals surface area contributed by atoms with Crippen molar-refractivity contribution in [2.45, 2.75) is 13.0 Å². The van der Waals surface area contributed by atoms with Gasteiger partial charge in [0.05, 0.1) is 26.0 Å². The SMILES string of the molecule is COC(=O)C1CN(C(=O)c2cc(C)nn2C)CCO1. The highest BCUT2D eigenvalue weighted by atomic mass is 16.6. The maximum atomic E-state index is 12.3. The van der Waals surface area contributed by atoms with Crippen LogP contribution in [0.3, 0.4) is 0 Å². The first-order chi connectivity index (χ1) is 9.02. The molecule has 1 aliphatic rings. The maximum absolute atomic E-state index is 12.3. The molecule has 1 fully saturated rings. The zero-order chi connectivity index (χ0) is 14.0. The van der Waals surface area contributed by atoms with Crippen LogP contribution < -0.4 is 0 Å². The third-order valence-electron chi connectivity index (χ3n) is 3.04. The topological polar surface area (TPSA) is 73.7 Å². The van der Waals surface area contributed by atoms with Crippen molar-refractivity contribution in [1.29, 1.82) is 0 Å². The Morgan fingerprint density at radius 3 is 2.84 bits per heavy atom. The predicted molar refractivity (Wildman–Crippen MR) is 65.6 cm³/mol. The molecule has 0 saturated carbocycles. The van der Waals surface area contributed by atoms with Gasteiger partial charge in [-0.1, -0.05) is 0 Å². The molecule has 19 heavy (non-hydrogen) atoms. The molecule has 0 bridgehead atoms. The van der Waals surface area contributed by atoms with E-state index in [9.17, 15) is 9.59 Å². The molecule has 7 nitrogen and oxygen atoms in total. The van der Waals surface area contributed by atoms with E-state index in [1.54, 1.807) is 22.7 Å². The summed E-state index contributed by atoms with van der Waals surface area (Å²) in [5.41, 5.74) is 1.28. The highest BCUT2D eigenvalue weighted by molar-refractivity contribution is 5.93. The minimum Gasteiger partial charge on any atom is -0.467 e. The molecule has 1 aromatic rings. The Morgan fingerprint density at radius 2 is 2.26 bits per heavy atom. The molecule has 1 saturated heterocycles. The Hall–Kier alpha value is -1.89. The lowest BCUT2D eigenvalue weighted by atomic mass is 10.2. The van der Waals surface area contributed by atoms with E-state index < -0.39 is 12.1 Å². The van der Waals surface area contributed by atoms with E-state index in [0.717, 1.165) is 5.69 Å². The molecule has 0 aliphatic carbocycles. The lowest BCUT2D eigenvalue weighted by Gasteiger charge is -2.31. The summed E-state index contributed by atoms with van der Waals surface area (Å²) >= 11 is 0. The van der Waals surface area contributed by atoms with Crippen molar-refractivity contribution < 1.29 is 19.1 Å². The summed E-state index contributed by atoms with van der Waals surface area (Å²) < 4.78 is 11.5. The summed E-state index contributed by atoms with van der Waals surface area (Å²) in [7, 11) is 3.02. The molecule has 0 aromatic carbocycles. The lowest BCUT2D eigenvalue weighted by molar-refractivity contribution is -0.158. The van der Waals surface area contributed by atoms with Gasteiger partial charge in [0.2, 0.25) is 0 Å². The van der Waals surface area contributed by atoms with Crippen LogP contribution in [0.5, 0.6) is 0 Å². The Labute approximate surface area is 111 Å². The van der Waals surface area contributed by atoms with Gasteiger partial charge in [-0.3, -0.25) is 9.48 Å². The molecule has 1 aromatic heterocycles. The largest absolute Gasteiger partial charge is 0.467 e. The van der Waals surface area contributed by atoms with Gasteiger partial charge in [0, 0.05) is 13.6 Å². The molecule has 0 radical (unpaired) electrons. The summed E-state index contributed by atoms with van der Waals surface area (Å²) in [6.07, 6.45) is -0.711. The Balaban J connectivity index is 2.11.